The number of aromatic nitrogens is 1. The molecule has 0 radical (unpaired) electrons. The third-order valence-corrected chi connectivity index (χ3v) is 5.52. The molecule has 0 saturated carbocycles. The molecule has 3 heterocycles. The highest BCUT2D eigenvalue weighted by molar-refractivity contribution is 7.15. The van der Waals surface area contributed by atoms with Crippen LogP contribution in [0.5, 0.6) is 5.75 Å². The minimum absolute atomic E-state index is 0.291. The molecule has 0 amide bonds. The van der Waals surface area contributed by atoms with E-state index >= 15 is 0 Å². The Kier molecular flexibility index (Phi) is 4.96. The third-order valence-electron chi connectivity index (χ3n) is 4.48. The van der Waals surface area contributed by atoms with Crippen LogP contribution in [0.2, 0.25) is 0 Å². The molecular weight excluding hydrogens is 322 g/mol. The minimum atomic E-state index is 0.291. The zero-order valence-electron chi connectivity index (χ0n) is 13.8. The highest BCUT2D eigenvalue weighted by atomic mass is 32.1. The van der Waals surface area contributed by atoms with Crippen molar-refractivity contribution in [2.45, 2.75) is 19.1 Å². The smallest absolute Gasteiger partial charge is 0.185 e. The molecule has 24 heavy (non-hydrogen) atoms. The Morgan fingerprint density at radius 2 is 2.00 bits per heavy atom. The van der Waals surface area contributed by atoms with Crippen LogP contribution in [0.3, 0.4) is 0 Å². The number of morpholine rings is 1. The summed E-state index contributed by atoms with van der Waals surface area (Å²) >= 11 is 1.81. The molecular formula is C18H23N3O2S. The van der Waals surface area contributed by atoms with Gasteiger partial charge in [0.25, 0.3) is 0 Å². The molecule has 2 aliphatic heterocycles. The van der Waals surface area contributed by atoms with Crippen molar-refractivity contribution in [1.29, 1.82) is 0 Å². The van der Waals surface area contributed by atoms with Crippen LogP contribution in [-0.2, 0) is 11.3 Å². The molecule has 2 aromatic rings. The summed E-state index contributed by atoms with van der Waals surface area (Å²) in [6, 6.07) is 10.1. The highest BCUT2D eigenvalue weighted by Crippen LogP contribution is 2.26. The number of hydrogen-bond donors (Lipinski definition) is 0. The largest absolute Gasteiger partial charge is 0.489 e. The van der Waals surface area contributed by atoms with Gasteiger partial charge < -0.3 is 14.4 Å². The molecule has 1 aromatic carbocycles. The maximum Gasteiger partial charge on any atom is 0.185 e. The van der Waals surface area contributed by atoms with Gasteiger partial charge in [-0.1, -0.05) is 18.2 Å². The van der Waals surface area contributed by atoms with Crippen molar-refractivity contribution in [1.82, 2.24) is 9.88 Å². The van der Waals surface area contributed by atoms with E-state index in [0.29, 0.717) is 6.10 Å². The first-order valence-corrected chi connectivity index (χ1v) is 9.40. The van der Waals surface area contributed by atoms with Gasteiger partial charge in [-0.3, -0.25) is 4.90 Å². The van der Waals surface area contributed by atoms with E-state index in [9.17, 15) is 0 Å². The molecule has 1 aromatic heterocycles. The van der Waals surface area contributed by atoms with Crippen LogP contribution in [0.25, 0.3) is 0 Å². The van der Waals surface area contributed by atoms with Gasteiger partial charge in [0.15, 0.2) is 5.13 Å². The summed E-state index contributed by atoms with van der Waals surface area (Å²) in [5.41, 5.74) is 0. The van der Waals surface area contributed by atoms with E-state index < -0.39 is 0 Å². The van der Waals surface area contributed by atoms with Crippen molar-refractivity contribution >= 4 is 16.5 Å². The molecule has 2 aliphatic rings. The fraction of sp³-hybridized carbons (Fsp3) is 0.500. The lowest BCUT2D eigenvalue weighted by Gasteiger charge is -2.26. The number of anilines is 1. The summed E-state index contributed by atoms with van der Waals surface area (Å²) in [4.78, 5) is 10.7. The normalized spacial score (nSPS) is 22.0. The summed E-state index contributed by atoms with van der Waals surface area (Å²) in [7, 11) is 0. The molecule has 128 valence electrons. The second kappa shape index (κ2) is 7.51. The average molecular weight is 345 g/mol. The van der Waals surface area contributed by atoms with Crippen LogP contribution >= 0.6 is 11.3 Å². The SMILES string of the molecule is c1ccc(OC2CCN(Cc3cnc(N4CCOCC4)s3)C2)cc1. The summed E-state index contributed by atoms with van der Waals surface area (Å²) < 4.78 is 11.5. The number of para-hydroxylation sites is 1. The lowest BCUT2D eigenvalue weighted by Crippen LogP contribution is -2.36. The molecule has 6 heteroatoms. The molecule has 4 rings (SSSR count). The fourth-order valence-electron chi connectivity index (χ4n) is 3.22. The van der Waals surface area contributed by atoms with Crippen LogP contribution in [0.15, 0.2) is 36.5 Å². The first kappa shape index (κ1) is 15.9. The summed E-state index contributed by atoms with van der Waals surface area (Å²) in [6.07, 6.45) is 3.41. The van der Waals surface area contributed by atoms with E-state index in [2.05, 4.69) is 14.8 Å². The number of thiazole rings is 1. The van der Waals surface area contributed by atoms with Gasteiger partial charge in [-0.15, -0.1) is 11.3 Å². The Bertz CT molecular complexity index is 643. The van der Waals surface area contributed by atoms with Crippen LogP contribution in [0.4, 0.5) is 5.13 Å². The van der Waals surface area contributed by atoms with Crippen LogP contribution in [0, 0.1) is 0 Å². The third kappa shape index (κ3) is 3.88. The molecule has 0 spiro atoms. The predicted octanol–water partition coefficient (Wildman–Crippen LogP) is 2.63. The van der Waals surface area contributed by atoms with Gasteiger partial charge >= 0.3 is 0 Å². The standard InChI is InChI=1S/C18H23N3O2S/c1-2-4-15(5-3-1)23-16-6-7-20(13-16)14-17-12-19-18(24-17)21-8-10-22-11-9-21/h1-5,12,16H,6-11,13-14H2. The van der Waals surface area contributed by atoms with Gasteiger partial charge in [-0.05, 0) is 18.6 Å². The van der Waals surface area contributed by atoms with Crippen molar-refractivity contribution in [3.05, 3.63) is 41.4 Å². The molecule has 1 atom stereocenters. The zero-order valence-corrected chi connectivity index (χ0v) is 14.6. The Morgan fingerprint density at radius 3 is 2.83 bits per heavy atom. The molecule has 2 saturated heterocycles. The van der Waals surface area contributed by atoms with Crippen molar-refractivity contribution in [2.24, 2.45) is 0 Å². The second-order valence-corrected chi connectivity index (χ2v) is 7.38. The summed E-state index contributed by atoms with van der Waals surface area (Å²) in [6.45, 7) is 6.55. The molecule has 1 unspecified atom stereocenters. The first-order valence-electron chi connectivity index (χ1n) is 8.58. The van der Waals surface area contributed by atoms with Crippen molar-refractivity contribution in [2.75, 3.05) is 44.3 Å². The lowest BCUT2D eigenvalue weighted by molar-refractivity contribution is 0.122. The Balaban J connectivity index is 1.29. The van der Waals surface area contributed by atoms with Crippen molar-refractivity contribution in [3.63, 3.8) is 0 Å². The molecule has 2 fully saturated rings. The van der Waals surface area contributed by atoms with Gasteiger partial charge in [0.1, 0.15) is 11.9 Å². The first-order chi connectivity index (χ1) is 11.9. The van der Waals surface area contributed by atoms with Gasteiger partial charge in [0.05, 0.1) is 13.2 Å². The highest BCUT2D eigenvalue weighted by Gasteiger charge is 2.25. The van der Waals surface area contributed by atoms with Gasteiger partial charge in [0, 0.05) is 43.8 Å². The summed E-state index contributed by atoms with van der Waals surface area (Å²) in [5, 5.41) is 1.13. The molecule has 0 N–H and O–H groups in total. The number of rotatable bonds is 5. The zero-order chi connectivity index (χ0) is 16.2. The predicted molar refractivity (Wildman–Crippen MR) is 95.9 cm³/mol. The van der Waals surface area contributed by atoms with E-state index in [4.69, 9.17) is 9.47 Å². The van der Waals surface area contributed by atoms with Gasteiger partial charge in [-0.25, -0.2) is 4.98 Å². The average Bonchev–Trinajstić information content (AvgIpc) is 3.27. The number of hydrogen-bond acceptors (Lipinski definition) is 6. The number of nitrogens with zero attached hydrogens (tertiary/aromatic N) is 3. The monoisotopic (exact) mass is 345 g/mol. The van der Waals surface area contributed by atoms with Crippen molar-refractivity contribution in [3.8, 4) is 5.75 Å². The molecule has 0 aliphatic carbocycles. The lowest BCUT2D eigenvalue weighted by atomic mass is 10.3. The van der Waals surface area contributed by atoms with Crippen LogP contribution < -0.4 is 9.64 Å². The summed E-state index contributed by atoms with van der Waals surface area (Å²) in [5.74, 6) is 0.969. The quantitative estimate of drug-likeness (QED) is 0.833. The van der Waals surface area contributed by atoms with E-state index in [1.807, 2.05) is 47.9 Å². The maximum atomic E-state index is 6.07. The Labute approximate surface area is 146 Å². The van der Waals surface area contributed by atoms with E-state index in [-0.39, 0.29) is 0 Å². The molecule has 0 bridgehead atoms. The number of ether oxygens (including phenoxy) is 2. The molecule has 5 nitrogen and oxygen atoms in total. The maximum absolute atomic E-state index is 6.07. The fourth-order valence-corrected chi connectivity index (χ4v) is 4.22. The topological polar surface area (TPSA) is 37.8 Å². The van der Waals surface area contributed by atoms with Crippen LogP contribution in [-0.4, -0.2) is 55.4 Å². The second-order valence-electron chi connectivity index (χ2n) is 6.29. The minimum Gasteiger partial charge on any atom is -0.489 e. The Hall–Kier alpha value is -1.63. The van der Waals surface area contributed by atoms with E-state index in [1.165, 1.54) is 4.88 Å². The van der Waals surface area contributed by atoms with E-state index in [0.717, 1.165) is 63.2 Å². The van der Waals surface area contributed by atoms with Gasteiger partial charge in [0.2, 0.25) is 0 Å². The van der Waals surface area contributed by atoms with E-state index in [1.54, 1.807) is 0 Å². The van der Waals surface area contributed by atoms with Crippen molar-refractivity contribution < 1.29 is 9.47 Å². The van der Waals surface area contributed by atoms with Crippen LogP contribution in [0.1, 0.15) is 11.3 Å². The number of benzene rings is 1. The van der Waals surface area contributed by atoms with Gasteiger partial charge in [-0.2, -0.15) is 0 Å². The number of likely N-dealkylation sites (tertiary alicyclic amines) is 1. The Morgan fingerprint density at radius 1 is 1.17 bits per heavy atom.